The van der Waals surface area contributed by atoms with Gasteiger partial charge in [0.05, 0.1) is 5.56 Å². The maximum absolute atomic E-state index is 12.5. The molecule has 0 radical (unpaired) electrons. The number of rotatable bonds is 7. The van der Waals surface area contributed by atoms with Gasteiger partial charge in [0, 0.05) is 24.9 Å². The Morgan fingerprint density at radius 3 is 2.40 bits per heavy atom. The fraction of sp³-hybridized carbons (Fsp3) is 0.267. The van der Waals surface area contributed by atoms with Crippen molar-refractivity contribution in [3.05, 3.63) is 42.0 Å². The lowest BCUT2D eigenvalue weighted by molar-refractivity contribution is -0.276. The average Bonchev–Trinajstić information content (AvgIpc) is 2.51. The van der Waals surface area contributed by atoms with Crippen LogP contribution >= 0.6 is 0 Å². The summed E-state index contributed by atoms with van der Waals surface area (Å²) in [7, 11) is 1.57. The predicted octanol–water partition coefficient (Wildman–Crippen LogP) is 4.20. The molecule has 5 nitrogen and oxygen atoms in total. The van der Waals surface area contributed by atoms with E-state index in [1.165, 1.54) is 24.3 Å². The van der Waals surface area contributed by atoms with E-state index in [9.17, 15) is 22.0 Å². The highest BCUT2D eigenvalue weighted by molar-refractivity contribution is 5.57. The molecule has 1 aromatic carbocycles. The summed E-state index contributed by atoms with van der Waals surface area (Å²) in [5.41, 5.74) is 0.718. The van der Waals surface area contributed by atoms with Crippen molar-refractivity contribution in [1.29, 1.82) is 0 Å². The van der Waals surface area contributed by atoms with Crippen molar-refractivity contribution < 1.29 is 36.2 Å². The quantitative estimate of drug-likeness (QED) is 0.747. The summed E-state index contributed by atoms with van der Waals surface area (Å²) < 4.78 is 75.0. The van der Waals surface area contributed by atoms with Crippen LogP contribution in [-0.2, 0) is 6.61 Å². The molecule has 1 heterocycles. The van der Waals surface area contributed by atoms with Crippen molar-refractivity contribution in [3.63, 3.8) is 0 Å². The van der Waals surface area contributed by atoms with Gasteiger partial charge in [-0.05, 0) is 12.1 Å². The third-order valence-corrected chi connectivity index (χ3v) is 2.90. The maximum atomic E-state index is 12.5. The van der Waals surface area contributed by atoms with E-state index in [4.69, 9.17) is 4.74 Å². The number of halogens is 5. The van der Waals surface area contributed by atoms with E-state index < -0.39 is 18.9 Å². The smallest absolute Gasteiger partial charge is 0.472 e. The van der Waals surface area contributed by atoms with Crippen molar-refractivity contribution in [2.45, 2.75) is 19.6 Å². The average molecular weight is 364 g/mol. The Bertz CT molecular complexity index is 710. The Kier molecular flexibility index (Phi) is 5.84. The molecule has 10 heteroatoms. The first-order chi connectivity index (χ1) is 11.8. The highest BCUT2D eigenvalue weighted by atomic mass is 19.4. The molecule has 0 aliphatic rings. The van der Waals surface area contributed by atoms with E-state index in [0.29, 0.717) is 5.69 Å². The molecule has 0 spiro atoms. The second-order valence-electron chi connectivity index (χ2n) is 4.56. The SMILES string of the molecule is CNc1cccc(OC(F)F)c1COc1cccc(OC(F)(F)F)n1. The van der Waals surface area contributed by atoms with Gasteiger partial charge in [0.2, 0.25) is 11.8 Å². The standard InChI is InChI=1S/C15H13F5N2O3/c1-21-10-4-2-5-11(24-14(16)17)9(10)8-23-12-6-3-7-13(22-12)25-15(18,19)20/h2-7,14,21H,8H2,1H3. The largest absolute Gasteiger partial charge is 0.574 e. The van der Waals surface area contributed by atoms with E-state index in [1.54, 1.807) is 13.1 Å². The maximum Gasteiger partial charge on any atom is 0.574 e. The monoisotopic (exact) mass is 364 g/mol. The van der Waals surface area contributed by atoms with E-state index >= 15 is 0 Å². The molecule has 0 saturated heterocycles. The van der Waals surface area contributed by atoms with Crippen LogP contribution in [0.5, 0.6) is 17.5 Å². The van der Waals surface area contributed by atoms with Crippen LogP contribution in [0.15, 0.2) is 36.4 Å². The van der Waals surface area contributed by atoms with Gasteiger partial charge in [0.25, 0.3) is 0 Å². The lowest BCUT2D eigenvalue weighted by Gasteiger charge is -2.15. The fourth-order valence-corrected chi connectivity index (χ4v) is 1.95. The van der Waals surface area contributed by atoms with E-state index in [0.717, 1.165) is 6.07 Å². The van der Waals surface area contributed by atoms with E-state index in [1.807, 2.05) is 0 Å². The second kappa shape index (κ2) is 7.86. The number of nitrogens with one attached hydrogen (secondary N) is 1. The Hall–Kier alpha value is -2.78. The van der Waals surface area contributed by atoms with Crippen LogP contribution in [0.3, 0.4) is 0 Å². The van der Waals surface area contributed by atoms with Crippen molar-refractivity contribution >= 4 is 5.69 Å². The number of aromatic nitrogens is 1. The molecule has 136 valence electrons. The zero-order valence-corrected chi connectivity index (χ0v) is 12.8. The van der Waals surface area contributed by atoms with Crippen LogP contribution in [0.25, 0.3) is 0 Å². The van der Waals surface area contributed by atoms with Crippen molar-refractivity contribution in [1.82, 2.24) is 4.98 Å². The predicted molar refractivity (Wildman–Crippen MR) is 77.9 cm³/mol. The molecular formula is C15H13F5N2O3. The number of hydrogen-bond acceptors (Lipinski definition) is 5. The molecule has 0 aliphatic carbocycles. The van der Waals surface area contributed by atoms with Crippen molar-refractivity contribution in [3.8, 4) is 17.5 Å². The molecular weight excluding hydrogens is 351 g/mol. The topological polar surface area (TPSA) is 52.6 Å². The normalized spacial score (nSPS) is 11.3. The zero-order chi connectivity index (χ0) is 18.4. The molecule has 1 N–H and O–H groups in total. The number of nitrogens with zero attached hydrogens (tertiary/aromatic N) is 1. The molecule has 0 bridgehead atoms. The van der Waals surface area contributed by atoms with Crippen LogP contribution in [0.4, 0.5) is 27.6 Å². The summed E-state index contributed by atoms with van der Waals surface area (Å²) in [6.07, 6.45) is -4.89. The van der Waals surface area contributed by atoms with Gasteiger partial charge in [0.1, 0.15) is 12.4 Å². The minimum Gasteiger partial charge on any atom is -0.472 e. The Morgan fingerprint density at radius 2 is 1.76 bits per heavy atom. The van der Waals surface area contributed by atoms with Gasteiger partial charge in [-0.3, -0.25) is 0 Å². The van der Waals surface area contributed by atoms with Crippen LogP contribution in [0, 0.1) is 0 Å². The van der Waals surface area contributed by atoms with Gasteiger partial charge in [-0.25, -0.2) is 0 Å². The lowest BCUT2D eigenvalue weighted by atomic mass is 10.1. The summed E-state index contributed by atoms with van der Waals surface area (Å²) in [6, 6.07) is 8.00. The Morgan fingerprint density at radius 1 is 1.08 bits per heavy atom. The summed E-state index contributed by atoms with van der Waals surface area (Å²) in [5.74, 6) is -0.990. The number of ether oxygens (including phenoxy) is 3. The summed E-state index contributed by atoms with van der Waals surface area (Å²) in [4.78, 5) is 3.55. The van der Waals surface area contributed by atoms with Crippen LogP contribution in [0.1, 0.15) is 5.56 Å². The number of alkyl halides is 5. The van der Waals surface area contributed by atoms with Gasteiger partial charge < -0.3 is 19.5 Å². The molecule has 0 unspecified atom stereocenters. The van der Waals surface area contributed by atoms with Gasteiger partial charge in [-0.1, -0.05) is 12.1 Å². The first kappa shape index (κ1) is 18.6. The van der Waals surface area contributed by atoms with Gasteiger partial charge >= 0.3 is 13.0 Å². The van der Waals surface area contributed by atoms with Crippen molar-refractivity contribution in [2.75, 3.05) is 12.4 Å². The minimum absolute atomic E-state index is 0.121. The highest BCUT2D eigenvalue weighted by Gasteiger charge is 2.31. The molecule has 25 heavy (non-hydrogen) atoms. The Labute approximate surface area is 139 Å². The van der Waals surface area contributed by atoms with Crippen molar-refractivity contribution in [2.24, 2.45) is 0 Å². The summed E-state index contributed by atoms with van der Waals surface area (Å²) in [6.45, 7) is -3.30. The van der Waals surface area contributed by atoms with Crippen LogP contribution in [0.2, 0.25) is 0 Å². The number of pyridine rings is 1. The molecule has 0 saturated carbocycles. The summed E-state index contributed by atoms with van der Waals surface area (Å²) >= 11 is 0. The third kappa shape index (κ3) is 5.66. The highest BCUT2D eigenvalue weighted by Crippen LogP contribution is 2.29. The molecule has 0 atom stereocenters. The zero-order valence-electron chi connectivity index (χ0n) is 12.8. The van der Waals surface area contributed by atoms with Gasteiger partial charge in [-0.15, -0.1) is 13.2 Å². The first-order valence-corrected chi connectivity index (χ1v) is 6.88. The van der Waals surface area contributed by atoms with Gasteiger partial charge in [-0.2, -0.15) is 13.8 Å². The summed E-state index contributed by atoms with van der Waals surface area (Å²) in [5, 5.41) is 2.79. The number of hydrogen-bond donors (Lipinski definition) is 1. The third-order valence-electron chi connectivity index (χ3n) is 2.90. The first-order valence-electron chi connectivity index (χ1n) is 6.88. The van der Waals surface area contributed by atoms with Crippen LogP contribution in [-0.4, -0.2) is 25.0 Å². The molecule has 0 fully saturated rings. The lowest BCUT2D eigenvalue weighted by Crippen LogP contribution is -2.18. The molecule has 2 rings (SSSR count). The number of anilines is 1. The molecule has 2 aromatic rings. The second-order valence-corrected chi connectivity index (χ2v) is 4.56. The molecule has 0 amide bonds. The molecule has 0 aliphatic heterocycles. The molecule has 1 aromatic heterocycles. The fourth-order valence-electron chi connectivity index (χ4n) is 1.95. The van der Waals surface area contributed by atoms with E-state index in [-0.39, 0.29) is 23.8 Å². The van der Waals surface area contributed by atoms with Crippen LogP contribution < -0.4 is 19.5 Å². The van der Waals surface area contributed by atoms with Gasteiger partial charge in [0.15, 0.2) is 0 Å². The number of benzene rings is 1. The van der Waals surface area contributed by atoms with E-state index in [2.05, 4.69) is 19.8 Å². The Balaban J connectivity index is 2.17. The minimum atomic E-state index is -4.89.